The summed E-state index contributed by atoms with van der Waals surface area (Å²) in [6.07, 6.45) is 10.7. The zero-order chi connectivity index (χ0) is 19.2. The SMILES string of the molecule is COC(=O)c1c(NC(=S)NNC(=O)CCC2CCCCC2)sc2c1CCC2. The lowest BCUT2D eigenvalue weighted by Gasteiger charge is -2.21. The van der Waals surface area contributed by atoms with Crippen molar-refractivity contribution in [3.05, 3.63) is 16.0 Å². The van der Waals surface area contributed by atoms with E-state index in [0.29, 0.717) is 22.9 Å². The van der Waals surface area contributed by atoms with Crippen LogP contribution in [0.4, 0.5) is 5.00 Å². The van der Waals surface area contributed by atoms with E-state index in [1.165, 1.54) is 55.4 Å². The van der Waals surface area contributed by atoms with Crippen LogP contribution >= 0.6 is 23.6 Å². The van der Waals surface area contributed by atoms with Crippen LogP contribution in [0.2, 0.25) is 0 Å². The van der Waals surface area contributed by atoms with Gasteiger partial charge in [0.05, 0.1) is 12.7 Å². The number of amides is 1. The molecule has 0 aliphatic heterocycles. The van der Waals surface area contributed by atoms with Gasteiger partial charge in [-0.15, -0.1) is 11.3 Å². The van der Waals surface area contributed by atoms with E-state index in [0.717, 1.165) is 31.2 Å². The highest BCUT2D eigenvalue weighted by Gasteiger charge is 2.27. The van der Waals surface area contributed by atoms with Crippen LogP contribution in [0.25, 0.3) is 0 Å². The number of fused-ring (bicyclic) bond motifs is 1. The fourth-order valence-corrected chi connectivity index (χ4v) is 5.44. The number of ether oxygens (including phenoxy) is 1. The predicted octanol–water partition coefficient (Wildman–Crippen LogP) is 3.70. The lowest BCUT2D eigenvalue weighted by molar-refractivity contribution is -0.122. The molecule has 0 radical (unpaired) electrons. The highest BCUT2D eigenvalue weighted by Crippen LogP contribution is 2.39. The molecule has 27 heavy (non-hydrogen) atoms. The number of anilines is 1. The first kappa shape index (κ1) is 20.1. The number of aryl methyl sites for hydroxylation is 1. The Kier molecular flexibility index (Phi) is 7.07. The predicted molar refractivity (Wildman–Crippen MR) is 111 cm³/mol. The van der Waals surface area contributed by atoms with Gasteiger partial charge in [-0.3, -0.25) is 15.6 Å². The number of carbonyl (C=O) groups is 2. The maximum atomic E-state index is 12.1. The molecule has 1 amide bonds. The summed E-state index contributed by atoms with van der Waals surface area (Å²) in [5.74, 6) is 0.258. The average molecular weight is 410 g/mol. The van der Waals surface area contributed by atoms with E-state index < -0.39 is 0 Å². The van der Waals surface area contributed by atoms with Crippen LogP contribution in [-0.2, 0) is 22.4 Å². The van der Waals surface area contributed by atoms with E-state index in [9.17, 15) is 9.59 Å². The lowest BCUT2D eigenvalue weighted by Crippen LogP contribution is -2.43. The Morgan fingerprint density at radius 2 is 1.93 bits per heavy atom. The first-order valence-electron chi connectivity index (χ1n) is 9.67. The fourth-order valence-electron chi connectivity index (χ4n) is 3.94. The Hall–Kier alpha value is -1.67. The first-order valence-corrected chi connectivity index (χ1v) is 10.9. The second-order valence-electron chi connectivity index (χ2n) is 7.22. The molecule has 6 nitrogen and oxygen atoms in total. The van der Waals surface area contributed by atoms with E-state index in [4.69, 9.17) is 17.0 Å². The Bertz CT molecular complexity index is 711. The van der Waals surface area contributed by atoms with Crippen molar-refractivity contribution in [3.63, 3.8) is 0 Å². The topological polar surface area (TPSA) is 79.5 Å². The summed E-state index contributed by atoms with van der Waals surface area (Å²) >= 11 is 6.80. The van der Waals surface area contributed by atoms with Crippen LogP contribution in [-0.4, -0.2) is 24.1 Å². The molecule has 8 heteroatoms. The van der Waals surface area contributed by atoms with E-state index >= 15 is 0 Å². The Morgan fingerprint density at radius 1 is 1.15 bits per heavy atom. The quantitative estimate of drug-likeness (QED) is 0.391. The Labute approximate surface area is 169 Å². The van der Waals surface area contributed by atoms with Crippen molar-refractivity contribution < 1.29 is 14.3 Å². The number of thiocarbonyl (C=S) groups is 1. The summed E-state index contributed by atoms with van der Waals surface area (Å²) in [6, 6.07) is 0. The van der Waals surface area contributed by atoms with Crippen molar-refractivity contribution in [2.24, 2.45) is 5.92 Å². The van der Waals surface area contributed by atoms with Gasteiger partial charge in [-0.25, -0.2) is 4.79 Å². The largest absolute Gasteiger partial charge is 0.465 e. The van der Waals surface area contributed by atoms with Crippen LogP contribution in [0.3, 0.4) is 0 Å². The second-order valence-corrected chi connectivity index (χ2v) is 8.74. The standard InChI is InChI=1S/C19H27N3O3S2/c1-25-18(24)16-13-8-5-9-14(13)27-17(16)20-19(26)22-21-15(23)11-10-12-6-3-2-4-7-12/h12H,2-11H2,1H3,(H,21,23)(H2,20,22,26). The fraction of sp³-hybridized carbons (Fsp3) is 0.632. The number of hydrazine groups is 1. The second kappa shape index (κ2) is 9.50. The van der Waals surface area contributed by atoms with Gasteiger partial charge < -0.3 is 10.1 Å². The van der Waals surface area contributed by atoms with Crippen LogP contribution in [0.15, 0.2) is 0 Å². The van der Waals surface area contributed by atoms with Crippen LogP contribution in [0, 0.1) is 5.92 Å². The van der Waals surface area contributed by atoms with Gasteiger partial charge in [0.2, 0.25) is 5.91 Å². The number of nitrogens with one attached hydrogen (secondary N) is 3. The number of thiophene rings is 1. The number of hydrogen-bond acceptors (Lipinski definition) is 5. The summed E-state index contributed by atoms with van der Waals surface area (Å²) in [5.41, 5.74) is 7.03. The minimum atomic E-state index is -0.351. The van der Waals surface area contributed by atoms with Gasteiger partial charge in [-0.1, -0.05) is 32.1 Å². The third-order valence-electron chi connectivity index (χ3n) is 5.36. The summed E-state index contributed by atoms with van der Waals surface area (Å²) in [4.78, 5) is 25.4. The van der Waals surface area contributed by atoms with Crippen LogP contribution < -0.4 is 16.2 Å². The highest BCUT2D eigenvalue weighted by molar-refractivity contribution is 7.80. The Morgan fingerprint density at radius 3 is 2.67 bits per heavy atom. The zero-order valence-corrected chi connectivity index (χ0v) is 17.3. The molecule has 0 atom stereocenters. The van der Waals surface area contributed by atoms with Crippen LogP contribution in [0.5, 0.6) is 0 Å². The average Bonchev–Trinajstić information content (AvgIpc) is 3.25. The summed E-state index contributed by atoms with van der Waals surface area (Å²) in [5, 5.41) is 3.99. The number of rotatable bonds is 5. The number of carbonyl (C=O) groups excluding carboxylic acids is 2. The van der Waals surface area contributed by atoms with E-state index in [2.05, 4.69) is 16.2 Å². The van der Waals surface area contributed by atoms with Gasteiger partial charge in [0, 0.05) is 11.3 Å². The normalized spacial score (nSPS) is 16.5. The minimum absolute atomic E-state index is 0.0633. The number of hydrogen-bond donors (Lipinski definition) is 3. The van der Waals surface area contributed by atoms with Crippen molar-refractivity contribution in [3.8, 4) is 0 Å². The third-order valence-corrected chi connectivity index (χ3v) is 6.77. The monoisotopic (exact) mass is 409 g/mol. The van der Waals surface area contributed by atoms with Crippen molar-refractivity contribution >= 4 is 45.5 Å². The van der Waals surface area contributed by atoms with Gasteiger partial charge in [-0.05, 0) is 49.4 Å². The molecule has 1 aromatic rings. The Balaban J connectivity index is 1.48. The van der Waals surface area contributed by atoms with Gasteiger partial charge >= 0.3 is 5.97 Å². The maximum absolute atomic E-state index is 12.1. The smallest absolute Gasteiger partial charge is 0.341 e. The van der Waals surface area contributed by atoms with Crippen molar-refractivity contribution in [2.75, 3.05) is 12.4 Å². The molecule has 0 spiro atoms. The molecular weight excluding hydrogens is 382 g/mol. The van der Waals surface area contributed by atoms with Crippen molar-refractivity contribution in [1.29, 1.82) is 0 Å². The molecule has 0 saturated heterocycles. The summed E-state index contributed by atoms with van der Waals surface area (Å²) in [6.45, 7) is 0. The zero-order valence-electron chi connectivity index (χ0n) is 15.7. The molecular formula is C19H27N3O3S2. The molecule has 1 aromatic heterocycles. The van der Waals surface area contributed by atoms with E-state index in [1.807, 2.05) is 0 Å². The molecule has 1 fully saturated rings. The molecule has 3 rings (SSSR count). The minimum Gasteiger partial charge on any atom is -0.465 e. The first-order chi connectivity index (χ1) is 13.1. The maximum Gasteiger partial charge on any atom is 0.341 e. The lowest BCUT2D eigenvalue weighted by atomic mass is 9.86. The molecule has 0 unspecified atom stereocenters. The molecule has 148 valence electrons. The third kappa shape index (κ3) is 5.19. The molecule has 3 N–H and O–H groups in total. The van der Waals surface area contributed by atoms with Gasteiger partial charge in [0.25, 0.3) is 0 Å². The molecule has 2 aliphatic carbocycles. The highest BCUT2D eigenvalue weighted by atomic mass is 32.1. The summed E-state index contributed by atoms with van der Waals surface area (Å²) in [7, 11) is 1.38. The number of esters is 1. The van der Waals surface area contributed by atoms with Crippen molar-refractivity contribution in [2.45, 2.75) is 64.2 Å². The van der Waals surface area contributed by atoms with Gasteiger partial charge in [0.1, 0.15) is 5.00 Å². The number of methoxy groups -OCH3 is 1. The van der Waals surface area contributed by atoms with Crippen molar-refractivity contribution in [1.82, 2.24) is 10.9 Å². The molecule has 0 bridgehead atoms. The van der Waals surface area contributed by atoms with Gasteiger partial charge in [-0.2, -0.15) is 0 Å². The molecule has 2 aliphatic rings. The van der Waals surface area contributed by atoms with Crippen LogP contribution in [0.1, 0.15) is 72.2 Å². The summed E-state index contributed by atoms with van der Waals surface area (Å²) < 4.78 is 4.92. The van der Waals surface area contributed by atoms with Gasteiger partial charge in [0.15, 0.2) is 5.11 Å². The molecule has 0 aromatic carbocycles. The molecule has 1 saturated carbocycles. The van der Waals surface area contributed by atoms with E-state index in [1.54, 1.807) is 0 Å². The molecule has 1 heterocycles. The van der Waals surface area contributed by atoms with E-state index in [-0.39, 0.29) is 17.0 Å².